The number of halogens is 2. The summed E-state index contributed by atoms with van der Waals surface area (Å²) in [5.41, 5.74) is 1.01. The first-order valence-corrected chi connectivity index (χ1v) is 7.62. The molecule has 5 nitrogen and oxygen atoms in total. The maximum absolute atomic E-state index is 13.7. The largest absolute Gasteiger partial charge is 0.493 e. The van der Waals surface area contributed by atoms with Crippen molar-refractivity contribution in [1.82, 2.24) is 5.32 Å². The molecule has 2 N–H and O–H groups in total. The van der Waals surface area contributed by atoms with Crippen LogP contribution in [0.2, 0.25) is 5.02 Å². The Bertz CT molecular complexity index is 725. The molecule has 0 aliphatic rings. The highest BCUT2D eigenvalue weighted by Crippen LogP contribution is 2.27. The average Bonchev–Trinajstić information content (AvgIpc) is 2.58. The van der Waals surface area contributed by atoms with Gasteiger partial charge in [0, 0.05) is 6.54 Å². The first-order chi connectivity index (χ1) is 11.5. The smallest absolute Gasteiger partial charge is 0.319 e. The van der Waals surface area contributed by atoms with E-state index >= 15 is 0 Å². The van der Waals surface area contributed by atoms with Crippen LogP contribution in [0.5, 0.6) is 11.5 Å². The molecule has 0 atom stereocenters. The summed E-state index contributed by atoms with van der Waals surface area (Å²) in [6, 6.07) is 9.44. The molecule has 24 heavy (non-hydrogen) atoms. The van der Waals surface area contributed by atoms with Crippen molar-refractivity contribution in [2.75, 3.05) is 26.1 Å². The average molecular weight is 353 g/mol. The van der Waals surface area contributed by atoms with Crippen LogP contribution in [-0.2, 0) is 6.42 Å². The molecule has 2 aromatic carbocycles. The monoisotopic (exact) mass is 352 g/mol. The highest BCUT2D eigenvalue weighted by atomic mass is 35.5. The van der Waals surface area contributed by atoms with Gasteiger partial charge in [-0.05, 0) is 36.2 Å². The van der Waals surface area contributed by atoms with Crippen LogP contribution < -0.4 is 20.1 Å². The topological polar surface area (TPSA) is 59.6 Å². The summed E-state index contributed by atoms with van der Waals surface area (Å²) in [5, 5.41) is 5.04. The molecule has 0 bridgehead atoms. The van der Waals surface area contributed by atoms with Crippen LogP contribution in [0, 0.1) is 5.82 Å². The molecule has 2 aromatic rings. The second-order valence-corrected chi connectivity index (χ2v) is 5.33. The number of carbonyl (C=O) groups is 1. The predicted molar refractivity (Wildman–Crippen MR) is 91.7 cm³/mol. The Balaban J connectivity index is 1.87. The summed E-state index contributed by atoms with van der Waals surface area (Å²) >= 11 is 5.67. The first kappa shape index (κ1) is 17.9. The number of methoxy groups -OCH3 is 2. The number of urea groups is 1. The number of hydrogen-bond acceptors (Lipinski definition) is 3. The van der Waals surface area contributed by atoms with Gasteiger partial charge in [-0.15, -0.1) is 0 Å². The summed E-state index contributed by atoms with van der Waals surface area (Å²) in [6.07, 6.45) is 0.589. The fraction of sp³-hybridized carbons (Fsp3) is 0.235. The van der Waals surface area contributed by atoms with E-state index in [9.17, 15) is 9.18 Å². The molecule has 0 saturated carbocycles. The minimum atomic E-state index is -0.658. The van der Waals surface area contributed by atoms with E-state index in [1.165, 1.54) is 12.1 Å². The lowest BCUT2D eigenvalue weighted by atomic mass is 10.1. The van der Waals surface area contributed by atoms with E-state index in [0.717, 1.165) is 5.56 Å². The summed E-state index contributed by atoms with van der Waals surface area (Å²) in [7, 11) is 3.13. The van der Waals surface area contributed by atoms with Crippen LogP contribution in [0.15, 0.2) is 36.4 Å². The maximum atomic E-state index is 13.7. The van der Waals surface area contributed by atoms with Crippen molar-refractivity contribution in [2.45, 2.75) is 6.42 Å². The van der Waals surface area contributed by atoms with Crippen molar-refractivity contribution in [3.63, 3.8) is 0 Å². The highest BCUT2D eigenvalue weighted by molar-refractivity contribution is 6.31. The van der Waals surface area contributed by atoms with Gasteiger partial charge in [0.2, 0.25) is 0 Å². The Hall–Kier alpha value is -2.47. The second-order valence-electron chi connectivity index (χ2n) is 4.92. The number of amides is 2. The lowest BCUT2D eigenvalue weighted by Gasteiger charge is -2.11. The van der Waals surface area contributed by atoms with E-state index in [4.69, 9.17) is 21.1 Å². The zero-order valence-corrected chi connectivity index (χ0v) is 14.1. The van der Waals surface area contributed by atoms with Crippen molar-refractivity contribution in [2.24, 2.45) is 0 Å². The summed E-state index contributed by atoms with van der Waals surface area (Å²) in [4.78, 5) is 11.8. The molecular weight excluding hydrogens is 335 g/mol. The van der Waals surface area contributed by atoms with Gasteiger partial charge in [0.1, 0.15) is 0 Å². The third-order valence-corrected chi connectivity index (χ3v) is 3.64. The molecule has 0 unspecified atom stereocenters. The lowest BCUT2D eigenvalue weighted by Crippen LogP contribution is -2.30. The number of hydrogen-bond donors (Lipinski definition) is 2. The van der Waals surface area contributed by atoms with Gasteiger partial charge in [0.25, 0.3) is 0 Å². The van der Waals surface area contributed by atoms with E-state index in [2.05, 4.69) is 10.6 Å². The molecule has 2 rings (SSSR count). The predicted octanol–water partition coefficient (Wildman–Crippen LogP) is 3.86. The fourth-order valence-corrected chi connectivity index (χ4v) is 2.30. The van der Waals surface area contributed by atoms with E-state index in [1.807, 2.05) is 12.1 Å². The lowest BCUT2D eigenvalue weighted by molar-refractivity contribution is 0.252. The summed E-state index contributed by atoms with van der Waals surface area (Å²) in [6.45, 7) is 0.378. The number of carbonyl (C=O) groups excluding carboxylic acids is 1. The van der Waals surface area contributed by atoms with E-state index in [0.29, 0.717) is 24.5 Å². The summed E-state index contributed by atoms with van der Waals surface area (Å²) in [5.74, 6) is 0.609. The maximum Gasteiger partial charge on any atom is 0.319 e. The quantitative estimate of drug-likeness (QED) is 0.830. The van der Waals surface area contributed by atoms with Gasteiger partial charge in [0.05, 0.1) is 24.9 Å². The number of benzene rings is 2. The molecule has 0 radical (unpaired) electrons. The Kier molecular flexibility index (Phi) is 6.26. The van der Waals surface area contributed by atoms with Crippen molar-refractivity contribution in [3.05, 3.63) is 52.8 Å². The molecule has 0 spiro atoms. The summed E-state index contributed by atoms with van der Waals surface area (Å²) < 4.78 is 24.1. The Morgan fingerprint density at radius 2 is 1.92 bits per heavy atom. The zero-order chi connectivity index (χ0) is 17.5. The van der Waals surface area contributed by atoms with E-state index < -0.39 is 11.8 Å². The standard InChI is InChI=1S/C17H18ClFN2O3/c1-23-14-7-6-11(10-15(14)24-2)8-9-20-17(22)21-13-5-3-4-12(18)16(13)19/h3-7,10H,8-9H2,1-2H3,(H2,20,21,22). The van der Waals surface area contributed by atoms with E-state index in [1.54, 1.807) is 26.4 Å². The molecule has 0 heterocycles. The molecule has 0 saturated heterocycles. The van der Waals surface area contributed by atoms with Gasteiger partial charge >= 0.3 is 6.03 Å². The van der Waals surface area contributed by atoms with Crippen molar-refractivity contribution < 1.29 is 18.7 Å². The van der Waals surface area contributed by atoms with Gasteiger partial charge in [-0.1, -0.05) is 23.7 Å². The van der Waals surface area contributed by atoms with Crippen molar-refractivity contribution >= 4 is 23.3 Å². The first-order valence-electron chi connectivity index (χ1n) is 7.25. The van der Waals surface area contributed by atoms with Crippen LogP contribution in [0.4, 0.5) is 14.9 Å². The van der Waals surface area contributed by atoms with Crippen LogP contribution in [0.25, 0.3) is 0 Å². The third-order valence-electron chi connectivity index (χ3n) is 3.35. The molecule has 7 heteroatoms. The molecule has 0 aliphatic heterocycles. The fourth-order valence-electron chi connectivity index (χ4n) is 2.12. The Labute approximate surface area is 144 Å². The normalized spacial score (nSPS) is 10.2. The van der Waals surface area contributed by atoms with Crippen molar-refractivity contribution in [3.8, 4) is 11.5 Å². The Morgan fingerprint density at radius 3 is 2.62 bits per heavy atom. The number of ether oxygens (including phenoxy) is 2. The molecule has 0 aromatic heterocycles. The Morgan fingerprint density at radius 1 is 1.17 bits per heavy atom. The zero-order valence-electron chi connectivity index (χ0n) is 13.4. The molecule has 0 fully saturated rings. The van der Waals surface area contributed by atoms with Gasteiger partial charge in [-0.25, -0.2) is 9.18 Å². The van der Waals surface area contributed by atoms with Gasteiger partial charge in [-0.3, -0.25) is 0 Å². The number of nitrogens with one attached hydrogen (secondary N) is 2. The third kappa shape index (κ3) is 4.52. The SMILES string of the molecule is COc1ccc(CCNC(=O)Nc2cccc(Cl)c2F)cc1OC. The van der Waals surface area contributed by atoms with Crippen LogP contribution in [0.3, 0.4) is 0 Å². The number of anilines is 1. The minimum Gasteiger partial charge on any atom is -0.493 e. The second kappa shape index (κ2) is 8.40. The number of rotatable bonds is 6. The molecular formula is C17H18ClFN2O3. The van der Waals surface area contributed by atoms with E-state index in [-0.39, 0.29) is 10.7 Å². The van der Waals surface area contributed by atoms with Crippen molar-refractivity contribution in [1.29, 1.82) is 0 Å². The van der Waals surface area contributed by atoms with Gasteiger partial charge in [-0.2, -0.15) is 0 Å². The highest BCUT2D eigenvalue weighted by Gasteiger charge is 2.09. The molecule has 0 aliphatic carbocycles. The van der Waals surface area contributed by atoms with Gasteiger partial charge in [0.15, 0.2) is 17.3 Å². The minimum absolute atomic E-state index is 0.0334. The van der Waals surface area contributed by atoms with Crippen LogP contribution >= 0.6 is 11.6 Å². The van der Waals surface area contributed by atoms with Crippen LogP contribution in [-0.4, -0.2) is 26.8 Å². The molecule has 128 valence electrons. The molecule has 2 amide bonds. The van der Waals surface area contributed by atoms with Gasteiger partial charge < -0.3 is 20.1 Å². The van der Waals surface area contributed by atoms with Crippen LogP contribution in [0.1, 0.15) is 5.56 Å².